The van der Waals surface area contributed by atoms with Crippen molar-refractivity contribution < 1.29 is 9.53 Å². The fourth-order valence-corrected chi connectivity index (χ4v) is 2.07. The minimum atomic E-state index is -0.434. The van der Waals surface area contributed by atoms with Gasteiger partial charge in [0.2, 0.25) is 0 Å². The lowest BCUT2D eigenvalue weighted by Gasteiger charge is -2.05. The van der Waals surface area contributed by atoms with Gasteiger partial charge in [-0.15, -0.1) is 0 Å². The molecule has 0 saturated heterocycles. The third-order valence-corrected chi connectivity index (χ3v) is 3.35. The quantitative estimate of drug-likeness (QED) is 0.876. The summed E-state index contributed by atoms with van der Waals surface area (Å²) >= 11 is 5.96. The summed E-state index contributed by atoms with van der Waals surface area (Å²) in [5.74, 6) is 0. The number of carbonyl (C=O) groups is 1. The van der Waals surface area contributed by atoms with Crippen LogP contribution >= 0.6 is 11.6 Å². The summed E-state index contributed by atoms with van der Waals surface area (Å²) in [6, 6.07) is 15.3. The minimum absolute atomic E-state index is 0.268. The number of nitrogens with one attached hydrogen (secondary N) is 1. The number of aryl methyl sites for hydroxylation is 1. The highest BCUT2D eigenvalue weighted by Gasteiger charge is 2.00. The summed E-state index contributed by atoms with van der Waals surface area (Å²) in [5, 5.41) is 3.37. The van der Waals surface area contributed by atoms with Crippen LogP contribution in [0.25, 0.3) is 6.08 Å². The van der Waals surface area contributed by atoms with Gasteiger partial charge in [0.1, 0.15) is 6.61 Å². The van der Waals surface area contributed by atoms with Crippen molar-refractivity contribution in [2.24, 2.45) is 0 Å². The van der Waals surface area contributed by atoms with Gasteiger partial charge in [-0.25, -0.2) is 4.79 Å². The number of rotatable bonds is 5. The van der Waals surface area contributed by atoms with Crippen LogP contribution in [0, 0.1) is 6.92 Å². The summed E-state index contributed by atoms with van der Waals surface area (Å²) < 4.78 is 5.12. The molecule has 0 aliphatic carbocycles. The monoisotopic (exact) mass is 315 g/mol. The second-order valence-electron chi connectivity index (χ2n) is 4.85. The Hall–Kier alpha value is -2.26. The highest BCUT2D eigenvalue weighted by atomic mass is 35.5. The van der Waals surface area contributed by atoms with Crippen LogP contribution in [0.4, 0.5) is 4.79 Å². The third-order valence-electron chi connectivity index (χ3n) is 3.12. The van der Waals surface area contributed by atoms with E-state index < -0.39 is 6.09 Å². The molecular weight excluding hydrogens is 298 g/mol. The molecule has 0 spiro atoms. The number of benzene rings is 2. The van der Waals surface area contributed by atoms with E-state index in [9.17, 15) is 4.79 Å². The highest BCUT2D eigenvalue weighted by molar-refractivity contribution is 6.30. The van der Waals surface area contributed by atoms with E-state index in [1.165, 1.54) is 0 Å². The van der Waals surface area contributed by atoms with Gasteiger partial charge in [-0.05, 0) is 35.7 Å². The molecule has 1 amide bonds. The Morgan fingerprint density at radius 1 is 1.23 bits per heavy atom. The Morgan fingerprint density at radius 3 is 2.77 bits per heavy atom. The number of carbonyl (C=O) groups excluding carboxylic acids is 1. The van der Waals surface area contributed by atoms with E-state index in [0.717, 1.165) is 16.7 Å². The van der Waals surface area contributed by atoms with Gasteiger partial charge < -0.3 is 10.1 Å². The lowest BCUT2D eigenvalue weighted by Crippen LogP contribution is -2.24. The van der Waals surface area contributed by atoms with E-state index in [4.69, 9.17) is 16.3 Å². The Kier molecular flexibility index (Phi) is 6.04. The second kappa shape index (κ2) is 8.25. The molecule has 2 aromatic rings. The zero-order chi connectivity index (χ0) is 15.8. The summed E-state index contributed by atoms with van der Waals surface area (Å²) in [6.45, 7) is 2.68. The topological polar surface area (TPSA) is 38.3 Å². The van der Waals surface area contributed by atoms with Gasteiger partial charge in [0.25, 0.3) is 0 Å². The van der Waals surface area contributed by atoms with Crippen molar-refractivity contribution in [3.05, 3.63) is 76.3 Å². The molecule has 0 aromatic heterocycles. The van der Waals surface area contributed by atoms with Gasteiger partial charge in [-0.1, -0.05) is 60.2 Å². The van der Waals surface area contributed by atoms with E-state index in [-0.39, 0.29) is 6.61 Å². The molecule has 0 aliphatic rings. The Morgan fingerprint density at radius 2 is 2.00 bits per heavy atom. The van der Waals surface area contributed by atoms with Gasteiger partial charge in [0.15, 0.2) is 0 Å². The zero-order valence-corrected chi connectivity index (χ0v) is 13.1. The average Bonchev–Trinajstić information content (AvgIpc) is 2.53. The van der Waals surface area contributed by atoms with E-state index in [1.807, 2.05) is 67.6 Å². The highest BCUT2D eigenvalue weighted by Crippen LogP contribution is 2.16. The first-order chi connectivity index (χ1) is 10.6. The molecule has 2 rings (SSSR count). The Labute approximate surface area is 135 Å². The fourth-order valence-electron chi connectivity index (χ4n) is 1.89. The minimum Gasteiger partial charge on any atom is -0.445 e. The van der Waals surface area contributed by atoms with Gasteiger partial charge in [0.05, 0.1) is 0 Å². The summed E-state index contributed by atoms with van der Waals surface area (Å²) in [5.41, 5.74) is 3.13. The van der Waals surface area contributed by atoms with Crippen molar-refractivity contribution >= 4 is 23.8 Å². The first-order valence-corrected chi connectivity index (χ1v) is 7.40. The lowest BCUT2D eigenvalue weighted by molar-refractivity contribution is 0.141. The van der Waals surface area contributed by atoms with Crippen LogP contribution in [-0.4, -0.2) is 12.6 Å². The van der Waals surface area contributed by atoms with Crippen molar-refractivity contribution in [3.8, 4) is 0 Å². The van der Waals surface area contributed by atoms with E-state index in [2.05, 4.69) is 5.32 Å². The van der Waals surface area contributed by atoms with Gasteiger partial charge in [-0.3, -0.25) is 0 Å². The molecule has 0 radical (unpaired) electrons. The fraction of sp³-hybridized carbons (Fsp3) is 0.167. The smallest absolute Gasteiger partial charge is 0.407 e. The average molecular weight is 316 g/mol. The molecule has 0 aliphatic heterocycles. The molecule has 0 heterocycles. The maximum absolute atomic E-state index is 11.6. The molecule has 0 fully saturated rings. The van der Waals surface area contributed by atoms with Crippen molar-refractivity contribution in [1.82, 2.24) is 5.32 Å². The summed E-state index contributed by atoms with van der Waals surface area (Å²) in [6.07, 6.45) is 3.36. The van der Waals surface area contributed by atoms with Crippen molar-refractivity contribution in [2.45, 2.75) is 13.5 Å². The molecular formula is C18H18ClNO2. The number of halogens is 1. The van der Waals surface area contributed by atoms with Crippen LogP contribution in [0.5, 0.6) is 0 Å². The standard InChI is InChI=1S/C18H18ClNO2/c1-14-9-10-17(19)12-16(14)8-5-11-20-18(21)22-13-15-6-3-2-4-7-15/h2-10,12H,11,13H2,1H3,(H,20,21). The van der Waals surface area contributed by atoms with E-state index in [0.29, 0.717) is 11.6 Å². The van der Waals surface area contributed by atoms with Crippen LogP contribution < -0.4 is 5.32 Å². The van der Waals surface area contributed by atoms with Crippen molar-refractivity contribution in [2.75, 3.05) is 6.54 Å². The van der Waals surface area contributed by atoms with E-state index >= 15 is 0 Å². The second-order valence-corrected chi connectivity index (χ2v) is 5.28. The van der Waals surface area contributed by atoms with Crippen LogP contribution in [0.1, 0.15) is 16.7 Å². The predicted molar refractivity (Wildman–Crippen MR) is 89.9 cm³/mol. The Bertz CT molecular complexity index is 653. The number of amides is 1. The molecule has 0 bridgehead atoms. The number of alkyl carbamates (subject to hydrolysis) is 1. The van der Waals surface area contributed by atoms with Gasteiger partial charge in [-0.2, -0.15) is 0 Å². The molecule has 114 valence electrons. The molecule has 1 N–H and O–H groups in total. The van der Waals surface area contributed by atoms with Crippen molar-refractivity contribution in [3.63, 3.8) is 0 Å². The molecule has 0 saturated carbocycles. The zero-order valence-electron chi connectivity index (χ0n) is 12.4. The number of ether oxygens (including phenoxy) is 1. The first-order valence-electron chi connectivity index (χ1n) is 7.02. The van der Waals surface area contributed by atoms with Gasteiger partial charge >= 0.3 is 6.09 Å². The molecule has 0 atom stereocenters. The van der Waals surface area contributed by atoms with Crippen LogP contribution in [0.3, 0.4) is 0 Å². The first kappa shape index (κ1) is 16.1. The van der Waals surface area contributed by atoms with E-state index in [1.54, 1.807) is 0 Å². The molecule has 3 nitrogen and oxygen atoms in total. The third kappa shape index (κ3) is 5.26. The largest absolute Gasteiger partial charge is 0.445 e. The Balaban J connectivity index is 1.75. The normalized spacial score (nSPS) is 10.6. The molecule has 22 heavy (non-hydrogen) atoms. The van der Waals surface area contributed by atoms with Crippen LogP contribution in [0.15, 0.2) is 54.6 Å². The lowest BCUT2D eigenvalue weighted by atomic mass is 10.1. The molecule has 4 heteroatoms. The number of hydrogen-bond donors (Lipinski definition) is 1. The predicted octanol–water partition coefficient (Wildman–Crippen LogP) is 4.59. The molecule has 0 unspecified atom stereocenters. The maximum atomic E-state index is 11.6. The van der Waals surface area contributed by atoms with Crippen LogP contribution in [-0.2, 0) is 11.3 Å². The molecule has 2 aromatic carbocycles. The maximum Gasteiger partial charge on any atom is 0.407 e. The van der Waals surface area contributed by atoms with Crippen molar-refractivity contribution in [1.29, 1.82) is 0 Å². The summed E-state index contributed by atoms with van der Waals surface area (Å²) in [7, 11) is 0. The van der Waals surface area contributed by atoms with Crippen LogP contribution in [0.2, 0.25) is 5.02 Å². The number of hydrogen-bond acceptors (Lipinski definition) is 2. The SMILES string of the molecule is Cc1ccc(Cl)cc1C=CCNC(=O)OCc1ccccc1. The summed E-state index contributed by atoms with van der Waals surface area (Å²) in [4.78, 5) is 11.6. The van der Waals surface area contributed by atoms with Gasteiger partial charge in [0, 0.05) is 11.6 Å².